The van der Waals surface area contributed by atoms with Crippen molar-refractivity contribution in [3.05, 3.63) is 30.1 Å². The zero-order valence-corrected chi connectivity index (χ0v) is 16.6. The van der Waals surface area contributed by atoms with Crippen LogP contribution in [0.15, 0.2) is 24.5 Å². The predicted octanol–water partition coefficient (Wildman–Crippen LogP) is 2.41. The maximum Gasteiger partial charge on any atom is 0.254 e. The Morgan fingerprint density at radius 1 is 1.07 bits per heavy atom. The average Bonchev–Trinajstić information content (AvgIpc) is 2.99. The molecule has 6 heteroatoms. The van der Waals surface area contributed by atoms with E-state index in [0.29, 0.717) is 18.2 Å². The van der Waals surface area contributed by atoms with E-state index in [4.69, 9.17) is 0 Å². The second kappa shape index (κ2) is 9.31. The van der Waals surface area contributed by atoms with Gasteiger partial charge in [0.25, 0.3) is 5.91 Å². The van der Waals surface area contributed by atoms with Gasteiger partial charge in [0.05, 0.1) is 6.04 Å². The number of nitrogens with zero attached hydrogens (tertiary/aromatic N) is 4. The highest BCUT2D eigenvalue weighted by atomic mass is 16.2. The first-order valence-corrected chi connectivity index (χ1v) is 10.4. The van der Waals surface area contributed by atoms with Crippen LogP contribution < -0.4 is 0 Å². The van der Waals surface area contributed by atoms with Crippen molar-refractivity contribution in [3.63, 3.8) is 0 Å². The SMILES string of the molecule is CCC1CCCCN1C(=O)C(C)N1CCCN(C(=O)c2ccncc2)CC1. The summed E-state index contributed by atoms with van der Waals surface area (Å²) >= 11 is 0. The highest BCUT2D eigenvalue weighted by Gasteiger charge is 2.32. The first-order chi connectivity index (χ1) is 13.1. The van der Waals surface area contributed by atoms with Gasteiger partial charge in [-0.2, -0.15) is 0 Å². The van der Waals surface area contributed by atoms with E-state index in [1.807, 2.05) is 11.8 Å². The molecule has 6 nitrogen and oxygen atoms in total. The van der Waals surface area contributed by atoms with E-state index < -0.39 is 0 Å². The van der Waals surface area contributed by atoms with Gasteiger partial charge in [0.1, 0.15) is 0 Å². The van der Waals surface area contributed by atoms with Crippen molar-refractivity contribution in [1.82, 2.24) is 19.7 Å². The van der Waals surface area contributed by atoms with Gasteiger partial charge in [-0.1, -0.05) is 6.92 Å². The molecule has 0 bridgehead atoms. The molecular formula is C21H32N4O2. The van der Waals surface area contributed by atoms with E-state index in [0.717, 1.165) is 51.9 Å². The number of amides is 2. The Labute approximate surface area is 162 Å². The first-order valence-electron chi connectivity index (χ1n) is 10.4. The minimum atomic E-state index is -0.117. The minimum absolute atomic E-state index is 0.0558. The third-order valence-electron chi connectivity index (χ3n) is 6.03. The molecule has 148 valence electrons. The molecule has 2 aliphatic heterocycles. The van der Waals surface area contributed by atoms with Crippen LogP contribution in [0.2, 0.25) is 0 Å². The van der Waals surface area contributed by atoms with Gasteiger partial charge in [0, 0.05) is 56.7 Å². The molecule has 2 saturated heterocycles. The van der Waals surface area contributed by atoms with Crippen LogP contribution in [-0.4, -0.2) is 76.3 Å². The van der Waals surface area contributed by atoms with Gasteiger partial charge in [-0.15, -0.1) is 0 Å². The van der Waals surface area contributed by atoms with E-state index in [1.165, 1.54) is 6.42 Å². The molecule has 0 saturated carbocycles. The quantitative estimate of drug-likeness (QED) is 0.814. The van der Waals surface area contributed by atoms with Crippen LogP contribution in [-0.2, 0) is 4.79 Å². The topological polar surface area (TPSA) is 56.8 Å². The molecule has 2 aliphatic rings. The number of aromatic nitrogens is 1. The van der Waals surface area contributed by atoms with Crippen LogP contribution in [0.25, 0.3) is 0 Å². The normalized spacial score (nSPS) is 23.0. The molecule has 3 heterocycles. The molecule has 2 fully saturated rings. The molecule has 2 atom stereocenters. The van der Waals surface area contributed by atoms with Crippen molar-refractivity contribution in [2.45, 2.75) is 58.0 Å². The minimum Gasteiger partial charge on any atom is -0.338 e. The molecule has 2 unspecified atom stereocenters. The largest absolute Gasteiger partial charge is 0.338 e. The van der Waals surface area contributed by atoms with E-state index >= 15 is 0 Å². The van der Waals surface area contributed by atoms with E-state index in [-0.39, 0.29) is 17.9 Å². The highest BCUT2D eigenvalue weighted by Crippen LogP contribution is 2.22. The number of hydrogen-bond donors (Lipinski definition) is 0. The summed E-state index contributed by atoms with van der Waals surface area (Å²) in [5, 5.41) is 0. The fourth-order valence-electron chi connectivity index (χ4n) is 4.32. The Hall–Kier alpha value is -1.95. The molecule has 0 spiro atoms. The van der Waals surface area contributed by atoms with Crippen molar-refractivity contribution in [1.29, 1.82) is 0 Å². The van der Waals surface area contributed by atoms with Crippen LogP contribution in [0.3, 0.4) is 0 Å². The summed E-state index contributed by atoms with van der Waals surface area (Å²) in [6.07, 6.45) is 8.71. The summed E-state index contributed by atoms with van der Waals surface area (Å²) in [7, 11) is 0. The van der Waals surface area contributed by atoms with Gasteiger partial charge < -0.3 is 9.80 Å². The summed E-state index contributed by atoms with van der Waals surface area (Å²) in [4.78, 5) is 36.1. The Morgan fingerprint density at radius 3 is 2.59 bits per heavy atom. The molecule has 1 aromatic rings. The Morgan fingerprint density at radius 2 is 1.85 bits per heavy atom. The van der Waals surface area contributed by atoms with E-state index in [1.54, 1.807) is 24.5 Å². The molecular weight excluding hydrogens is 340 g/mol. The number of rotatable bonds is 4. The van der Waals surface area contributed by atoms with Crippen molar-refractivity contribution in [2.75, 3.05) is 32.7 Å². The van der Waals surface area contributed by atoms with E-state index in [9.17, 15) is 9.59 Å². The number of hydrogen-bond acceptors (Lipinski definition) is 4. The van der Waals surface area contributed by atoms with Gasteiger partial charge >= 0.3 is 0 Å². The molecule has 0 aliphatic carbocycles. The summed E-state index contributed by atoms with van der Waals surface area (Å²) in [5.41, 5.74) is 0.682. The predicted molar refractivity (Wildman–Crippen MR) is 105 cm³/mol. The average molecular weight is 373 g/mol. The van der Waals surface area contributed by atoms with Gasteiger partial charge in [0.15, 0.2) is 0 Å². The number of carbonyl (C=O) groups excluding carboxylic acids is 2. The molecule has 0 aromatic carbocycles. The van der Waals surface area contributed by atoms with Crippen molar-refractivity contribution < 1.29 is 9.59 Å². The fourth-order valence-corrected chi connectivity index (χ4v) is 4.32. The van der Waals surface area contributed by atoms with Gasteiger partial charge in [0.2, 0.25) is 5.91 Å². The number of piperidine rings is 1. The molecule has 27 heavy (non-hydrogen) atoms. The number of pyridine rings is 1. The van der Waals surface area contributed by atoms with Gasteiger partial charge in [-0.25, -0.2) is 0 Å². The Bertz CT molecular complexity index is 636. The third-order valence-corrected chi connectivity index (χ3v) is 6.03. The van der Waals surface area contributed by atoms with Crippen molar-refractivity contribution in [3.8, 4) is 0 Å². The lowest BCUT2D eigenvalue weighted by atomic mass is 9.99. The second-order valence-corrected chi connectivity index (χ2v) is 7.68. The highest BCUT2D eigenvalue weighted by molar-refractivity contribution is 5.94. The number of carbonyl (C=O) groups is 2. The lowest BCUT2D eigenvalue weighted by molar-refractivity contribution is -0.140. The molecule has 1 aromatic heterocycles. The van der Waals surface area contributed by atoms with Crippen LogP contribution in [0.5, 0.6) is 0 Å². The van der Waals surface area contributed by atoms with Crippen LogP contribution in [0.1, 0.15) is 56.3 Å². The summed E-state index contributed by atoms with van der Waals surface area (Å²) in [6.45, 7) is 8.10. The van der Waals surface area contributed by atoms with E-state index in [2.05, 4.69) is 21.7 Å². The Kier molecular flexibility index (Phi) is 6.83. The fraction of sp³-hybridized carbons (Fsp3) is 0.667. The first kappa shape index (κ1) is 19.8. The summed E-state index contributed by atoms with van der Waals surface area (Å²) in [6, 6.07) is 3.80. The van der Waals surface area contributed by atoms with Crippen molar-refractivity contribution >= 4 is 11.8 Å². The second-order valence-electron chi connectivity index (χ2n) is 7.68. The standard InChI is InChI=1S/C21H32N4O2/c1-3-19-7-4-5-14-25(19)20(26)17(2)23-12-6-13-24(16-15-23)21(27)18-8-10-22-11-9-18/h8-11,17,19H,3-7,12-16H2,1-2H3. The monoisotopic (exact) mass is 372 g/mol. The van der Waals surface area contributed by atoms with Crippen molar-refractivity contribution in [2.24, 2.45) is 0 Å². The number of likely N-dealkylation sites (tertiary alicyclic amines) is 1. The van der Waals surface area contributed by atoms with Crippen LogP contribution in [0, 0.1) is 0 Å². The van der Waals surface area contributed by atoms with Crippen LogP contribution in [0.4, 0.5) is 0 Å². The summed E-state index contributed by atoms with van der Waals surface area (Å²) < 4.78 is 0. The third kappa shape index (κ3) is 4.67. The zero-order valence-electron chi connectivity index (χ0n) is 16.6. The maximum atomic E-state index is 13.1. The Balaban J connectivity index is 1.60. The summed E-state index contributed by atoms with van der Waals surface area (Å²) in [5.74, 6) is 0.316. The molecule has 0 radical (unpaired) electrons. The van der Waals surface area contributed by atoms with Gasteiger partial charge in [-0.3, -0.25) is 19.5 Å². The zero-order chi connectivity index (χ0) is 19.2. The van der Waals surface area contributed by atoms with Gasteiger partial charge in [-0.05, 0) is 51.2 Å². The molecule has 2 amide bonds. The maximum absolute atomic E-state index is 13.1. The molecule has 0 N–H and O–H groups in total. The lowest BCUT2D eigenvalue weighted by Gasteiger charge is -2.39. The van der Waals surface area contributed by atoms with Crippen LogP contribution >= 0.6 is 0 Å². The molecule has 3 rings (SSSR count). The smallest absolute Gasteiger partial charge is 0.254 e. The lowest BCUT2D eigenvalue weighted by Crippen LogP contribution is -2.52.